The molecule has 1 aliphatic heterocycles. The maximum Gasteiger partial charge on any atom is 0.323 e. The predicted octanol–water partition coefficient (Wildman–Crippen LogP) is -1.92. The van der Waals surface area contributed by atoms with Crippen molar-refractivity contribution in [2.75, 3.05) is 7.05 Å². The fourth-order valence-corrected chi connectivity index (χ4v) is 0.722. The molecule has 7 nitrogen and oxygen atoms in total. The molecule has 12 heavy (non-hydrogen) atoms. The Hall–Kier alpha value is -1.79. The summed E-state index contributed by atoms with van der Waals surface area (Å²) in [6.07, 6.45) is -0.975. The van der Waals surface area contributed by atoms with Crippen LogP contribution in [0.5, 0.6) is 0 Å². The number of carbonyl (C=O) groups excluding carboxylic acids is 3. The molecule has 1 rings (SSSR count). The molecule has 0 aromatic heterocycles. The van der Waals surface area contributed by atoms with Gasteiger partial charge in [0.25, 0.3) is 5.91 Å². The lowest BCUT2D eigenvalue weighted by Gasteiger charge is -2.08. The largest absolute Gasteiger partial charge is 0.341 e. The van der Waals surface area contributed by atoms with Crippen LogP contribution in [-0.4, -0.2) is 31.2 Å². The summed E-state index contributed by atoms with van der Waals surface area (Å²) in [7, 11) is 1.41. The second-order valence-electron chi connectivity index (χ2n) is 2.12. The molecular formula is C5H8N4O3. The minimum Gasteiger partial charge on any atom is -0.341 e. The fourth-order valence-electron chi connectivity index (χ4n) is 0.722. The quantitative estimate of drug-likeness (QED) is 0.347. The van der Waals surface area contributed by atoms with Gasteiger partial charge < -0.3 is 16.0 Å². The third-order valence-corrected chi connectivity index (χ3v) is 1.28. The summed E-state index contributed by atoms with van der Waals surface area (Å²) in [6, 6.07) is -1.14. The van der Waals surface area contributed by atoms with Gasteiger partial charge in [0.15, 0.2) is 6.17 Å². The van der Waals surface area contributed by atoms with E-state index in [1.54, 1.807) is 0 Å². The number of imide groups is 1. The molecule has 1 atom stereocenters. The summed E-state index contributed by atoms with van der Waals surface area (Å²) in [5, 5.41) is 8.62. The smallest absolute Gasteiger partial charge is 0.323 e. The lowest BCUT2D eigenvalue weighted by atomic mass is 10.5. The highest BCUT2D eigenvalue weighted by Gasteiger charge is 2.30. The van der Waals surface area contributed by atoms with E-state index in [0.717, 1.165) is 0 Å². The van der Waals surface area contributed by atoms with Gasteiger partial charge in [0.2, 0.25) is 0 Å². The number of nitrogens with one attached hydrogen (secondary N) is 4. The molecule has 5 amide bonds. The van der Waals surface area contributed by atoms with Crippen molar-refractivity contribution in [2.24, 2.45) is 0 Å². The molecule has 1 unspecified atom stereocenters. The van der Waals surface area contributed by atoms with E-state index >= 15 is 0 Å². The van der Waals surface area contributed by atoms with Crippen molar-refractivity contribution in [1.29, 1.82) is 0 Å². The van der Waals surface area contributed by atoms with E-state index in [1.165, 1.54) is 7.05 Å². The van der Waals surface area contributed by atoms with E-state index in [2.05, 4.69) is 16.0 Å². The SMILES string of the molecule is CNC(=O)NC1NC(=O)NC1=O. The van der Waals surface area contributed by atoms with Gasteiger partial charge >= 0.3 is 12.1 Å². The number of amides is 5. The van der Waals surface area contributed by atoms with Gasteiger partial charge in [-0.15, -0.1) is 0 Å². The minimum atomic E-state index is -0.975. The molecule has 1 fully saturated rings. The Morgan fingerprint density at radius 2 is 2.17 bits per heavy atom. The molecule has 4 N–H and O–H groups in total. The summed E-state index contributed by atoms with van der Waals surface area (Å²) in [4.78, 5) is 32.0. The Balaban J connectivity index is 2.48. The van der Waals surface area contributed by atoms with E-state index in [-0.39, 0.29) is 0 Å². The first-order chi connectivity index (χ1) is 5.63. The predicted molar refractivity (Wildman–Crippen MR) is 38.1 cm³/mol. The molecule has 66 valence electrons. The number of hydrogen-bond acceptors (Lipinski definition) is 3. The lowest BCUT2D eigenvalue weighted by molar-refractivity contribution is -0.120. The Morgan fingerprint density at radius 3 is 2.58 bits per heavy atom. The number of rotatable bonds is 1. The molecule has 0 aromatic rings. The van der Waals surface area contributed by atoms with E-state index in [9.17, 15) is 14.4 Å². The van der Waals surface area contributed by atoms with Gasteiger partial charge in [-0.25, -0.2) is 9.59 Å². The van der Waals surface area contributed by atoms with Gasteiger partial charge in [0, 0.05) is 7.05 Å². The monoisotopic (exact) mass is 172 g/mol. The van der Waals surface area contributed by atoms with Crippen molar-refractivity contribution < 1.29 is 14.4 Å². The summed E-state index contributed by atoms with van der Waals surface area (Å²) in [5.41, 5.74) is 0. The zero-order valence-electron chi connectivity index (χ0n) is 6.30. The Morgan fingerprint density at radius 1 is 1.50 bits per heavy atom. The zero-order valence-corrected chi connectivity index (χ0v) is 6.30. The lowest BCUT2D eigenvalue weighted by Crippen LogP contribution is -2.49. The summed E-state index contributed by atoms with van der Waals surface area (Å²) in [5.74, 6) is -0.566. The molecule has 7 heteroatoms. The average molecular weight is 172 g/mol. The van der Waals surface area contributed by atoms with Crippen LogP contribution in [0, 0.1) is 0 Å². The Labute approximate surface area is 67.9 Å². The van der Waals surface area contributed by atoms with Crippen LogP contribution in [0.25, 0.3) is 0 Å². The van der Waals surface area contributed by atoms with E-state index in [0.29, 0.717) is 0 Å². The van der Waals surface area contributed by atoms with Crippen LogP contribution in [-0.2, 0) is 4.79 Å². The third-order valence-electron chi connectivity index (χ3n) is 1.28. The van der Waals surface area contributed by atoms with Crippen molar-refractivity contribution in [1.82, 2.24) is 21.3 Å². The second kappa shape index (κ2) is 3.07. The number of hydrogen-bond donors (Lipinski definition) is 4. The highest BCUT2D eigenvalue weighted by Crippen LogP contribution is 1.87. The molecule has 0 bridgehead atoms. The normalized spacial score (nSPS) is 21.2. The average Bonchev–Trinajstić information content (AvgIpc) is 2.30. The Bertz CT molecular complexity index is 239. The fraction of sp³-hybridized carbons (Fsp3) is 0.400. The first-order valence-electron chi connectivity index (χ1n) is 3.23. The molecule has 0 spiro atoms. The molecule has 1 aliphatic rings. The van der Waals surface area contributed by atoms with Crippen LogP contribution in [0.4, 0.5) is 9.59 Å². The van der Waals surface area contributed by atoms with Gasteiger partial charge in [-0.1, -0.05) is 0 Å². The summed E-state index contributed by atoms with van der Waals surface area (Å²) < 4.78 is 0. The maximum absolute atomic E-state index is 10.8. The molecule has 0 saturated carbocycles. The number of urea groups is 2. The Kier molecular flexibility index (Phi) is 2.13. The summed E-state index contributed by atoms with van der Waals surface area (Å²) >= 11 is 0. The highest BCUT2D eigenvalue weighted by atomic mass is 16.2. The van der Waals surface area contributed by atoms with Gasteiger partial charge in [0.1, 0.15) is 0 Å². The van der Waals surface area contributed by atoms with Gasteiger partial charge in [-0.05, 0) is 0 Å². The van der Waals surface area contributed by atoms with Crippen LogP contribution < -0.4 is 21.3 Å². The van der Waals surface area contributed by atoms with Crippen LogP contribution in [0.2, 0.25) is 0 Å². The molecule has 1 heterocycles. The van der Waals surface area contributed by atoms with Crippen LogP contribution in [0.15, 0.2) is 0 Å². The van der Waals surface area contributed by atoms with Gasteiger partial charge in [-0.3, -0.25) is 10.1 Å². The molecule has 1 saturated heterocycles. The van der Waals surface area contributed by atoms with Crippen molar-refractivity contribution >= 4 is 18.0 Å². The van der Waals surface area contributed by atoms with Crippen LogP contribution in [0.3, 0.4) is 0 Å². The molecule has 0 radical (unpaired) electrons. The van der Waals surface area contributed by atoms with Crippen molar-refractivity contribution in [3.05, 3.63) is 0 Å². The van der Waals surface area contributed by atoms with Gasteiger partial charge in [-0.2, -0.15) is 0 Å². The van der Waals surface area contributed by atoms with E-state index < -0.39 is 24.1 Å². The second-order valence-corrected chi connectivity index (χ2v) is 2.12. The van der Waals surface area contributed by atoms with Gasteiger partial charge in [0.05, 0.1) is 0 Å². The van der Waals surface area contributed by atoms with Crippen molar-refractivity contribution in [3.63, 3.8) is 0 Å². The van der Waals surface area contributed by atoms with E-state index in [4.69, 9.17) is 0 Å². The third kappa shape index (κ3) is 1.62. The first kappa shape index (κ1) is 8.31. The molecule has 0 aromatic carbocycles. The van der Waals surface area contributed by atoms with Crippen LogP contribution in [0.1, 0.15) is 0 Å². The minimum absolute atomic E-state index is 0.530. The topological polar surface area (TPSA) is 99.3 Å². The van der Waals surface area contributed by atoms with Crippen molar-refractivity contribution in [3.8, 4) is 0 Å². The summed E-state index contributed by atoms with van der Waals surface area (Å²) in [6.45, 7) is 0. The zero-order chi connectivity index (χ0) is 9.14. The highest BCUT2D eigenvalue weighted by molar-refractivity contribution is 6.05. The number of carbonyl (C=O) groups is 3. The van der Waals surface area contributed by atoms with E-state index in [1.807, 2.05) is 5.32 Å². The first-order valence-corrected chi connectivity index (χ1v) is 3.23. The molecular weight excluding hydrogens is 164 g/mol. The maximum atomic E-state index is 10.8. The molecule has 0 aliphatic carbocycles. The van der Waals surface area contributed by atoms with Crippen molar-refractivity contribution in [2.45, 2.75) is 6.17 Å². The van der Waals surface area contributed by atoms with Crippen LogP contribution >= 0.6 is 0 Å². The standard InChI is InChI=1S/C5H8N4O3/c1-6-4(11)7-2-3(10)9-5(12)8-2/h2H,1H3,(H2,6,7,11)(H2,8,9,10,12).